The molecule has 3 aromatic heterocycles. The van der Waals surface area contributed by atoms with Crippen molar-refractivity contribution < 1.29 is 27.4 Å². The first-order valence-electron chi connectivity index (χ1n) is 17.0. The van der Waals surface area contributed by atoms with Gasteiger partial charge in [0.15, 0.2) is 0 Å². The van der Waals surface area contributed by atoms with Crippen LogP contribution in [-0.2, 0) is 34.3 Å². The summed E-state index contributed by atoms with van der Waals surface area (Å²) >= 11 is 0. The smallest absolute Gasteiger partial charge is 0.246 e. The van der Waals surface area contributed by atoms with Crippen molar-refractivity contribution in [3.05, 3.63) is 103 Å². The highest BCUT2D eigenvalue weighted by Crippen LogP contribution is 2.41. The number of aromatic nitrogens is 5. The van der Waals surface area contributed by atoms with Gasteiger partial charge in [-0.05, 0) is 75.1 Å². The number of carbonyl (C=O) groups excluding carboxylic acids is 1. The van der Waals surface area contributed by atoms with E-state index in [9.17, 15) is 18.0 Å². The van der Waals surface area contributed by atoms with Crippen LogP contribution >= 0.6 is 0 Å². The number of methoxy groups -OCH3 is 1. The zero-order chi connectivity index (χ0) is 37.7. The molecule has 0 saturated heterocycles. The Hall–Kier alpha value is -4.97. The van der Waals surface area contributed by atoms with Gasteiger partial charge in [0.05, 0.1) is 59.9 Å². The fraction of sp³-hybridized carbons (Fsp3) is 0.385. The summed E-state index contributed by atoms with van der Waals surface area (Å²) in [5, 5.41) is 4.82. The van der Waals surface area contributed by atoms with Gasteiger partial charge < -0.3 is 18.9 Å². The van der Waals surface area contributed by atoms with Gasteiger partial charge in [0, 0.05) is 32.3 Å². The second kappa shape index (κ2) is 19.4. The molecular formula is C39H49F3N6O3. The third-order valence-corrected chi connectivity index (χ3v) is 8.36. The lowest BCUT2D eigenvalue weighted by atomic mass is 10.0. The van der Waals surface area contributed by atoms with Gasteiger partial charge in [-0.1, -0.05) is 39.1 Å². The number of pyridine rings is 1. The van der Waals surface area contributed by atoms with Crippen molar-refractivity contribution in [1.82, 2.24) is 29.2 Å². The number of aryl methyl sites for hydroxylation is 2. The number of alkyl halides is 1. The van der Waals surface area contributed by atoms with Gasteiger partial charge in [-0.25, -0.2) is 23.1 Å². The number of carbonyl (C=O) groups is 1. The van der Waals surface area contributed by atoms with Crippen LogP contribution in [0.2, 0.25) is 0 Å². The van der Waals surface area contributed by atoms with Crippen molar-refractivity contribution >= 4 is 16.9 Å². The van der Waals surface area contributed by atoms with Crippen molar-refractivity contribution in [2.75, 3.05) is 26.9 Å². The number of hydrogen-bond donors (Lipinski definition) is 0. The minimum absolute atomic E-state index is 0.0222. The molecule has 2 aliphatic rings. The lowest BCUT2D eigenvalue weighted by molar-refractivity contribution is -0.127. The summed E-state index contributed by atoms with van der Waals surface area (Å²) in [6, 6.07) is 9.97. The van der Waals surface area contributed by atoms with Gasteiger partial charge >= 0.3 is 0 Å². The largest absolute Gasteiger partial charge is 0.499 e. The minimum atomic E-state index is -1.01. The van der Waals surface area contributed by atoms with Gasteiger partial charge in [-0.15, -0.1) is 0 Å². The maximum atomic E-state index is 15.0. The predicted molar refractivity (Wildman–Crippen MR) is 197 cm³/mol. The molecule has 0 fully saturated rings. The summed E-state index contributed by atoms with van der Waals surface area (Å²) in [4.78, 5) is 23.7. The molecule has 4 heterocycles. The van der Waals surface area contributed by atoms with Crippen molar-refractivity contribution in [1.29, 1.82) is 0 Å². The van der Waals surface area contributed by atoms with Crippen LogP contribution in [0.15, 0.2) is 80.1 Å². The second-order valence-corrected chi connectivity index (χ2v) is 11.6. The van der Waals surface area contributed by atoms with Crippen LogP contribution in [0.1, 0.15) is 69.0 Å². The third-order valence-electron chi connectivity index (χ3n) is 8.36. The maximum absolute atomic E-state index is 15.0. The number of imidazole rings is 1. The Kier molecular flexibility index (Phi) is 15.4. The van der Waals surface area contributed by atoms with Crippen LogP contribution in [0.5, 0.6) is 0 Å². The molecule has 9 nitrogen and oxygen atoms in total. The van der Waals surface area contributed by atoms with Gasteiger partial charge in [-0.3, -0.25) is 9.48 Å². The van der Waals surface area contributed by atoms with Crippen LogP contribution in [-0.4, -0.2) is 62.0 Å². The van der Waals surface area contributed by atoms with Crippen LogP contribution in [0, 0.1) is 6.92 Å². The Balaban J connectivity index is 0.000000370. The summed E-state index contributed by atoms with van der Waals surface area (Å²) < 4.78 is 51.0. The highest BCUT2D eigenvalue weighted by atomic mass is 19.1. The normalized spacial score (nSPS) is 16.2. The van der Waals surface area contributed by atoms with Crippen LogP contribution in [0.4, 0.5) is 13.2 Å². The van der Waals surface area contributed by atoms with E-state index in [1.54, 1.807) is 12.0 Å². The van der Waals surface area contributed by atoms with Crippen LogP contribution in [0.25, 0.3) is 33.7 Å². The predicted octanol–water partition coefficient (Wildman–Crippen LogP) is 9.02. The first-order chi connectivity index (χ1) is 24.6. The summed E-state index contributed by atoms with van der Waals surface area (Å²) in [5.41, 5.74) is 7.62. The molecule has 1 aromatic carbocycles. The zero-order valence-corrected chi connectivity index (χ0v) is 30.6. The number of fused-ring (bicyclic) bond motifs is 3. The number of nitrogens with zero attached hydrogens (tertiary/aromatic N) is 6. The van der Waals surface area contributed by atoms with E-state index in [1.165, 1.54) is 25.3 Å². The topological polar surface area (TPSA) is 87.3 Å². The number of halogens is 3. The average Bonchev–Trinajstić information content (AvgIpc) is 3.84. The molecule has 0 bridgehead atoms. The Bertz CT molecular complexity index is 1860. The lowest BCUT2D eigenvalue weighted by Crippen LogP contribution is -2.39. The Morgan fingerprint density at radius 3 is 2.49 bits per heavy atom. The molecule has 4 aromatic rings. The first kappa shape index (κ1) is 40.5. The molecule has 1 amide bonds. The van der Waals surface area contributed by atoms with Gasteiger partial charge in [0.2, 0.25) is 5.91 Å². The molecular weight excluding hydrogens is 657 g/mol. The van der Waals surface area contributed by atoms with Gasteiger partial charge in [-0.2, -0.15) is 5.10 Å². The van der Waals surface area contributed by atoms with E-state index >= 15 is 0 Å². The molecule has 2 unspecified atom stereocenters. The molecule has 274 valence electrons. The van der Waals surface area contributed by atoms with Crippen molar-refractivity contribution in [3.63, 3.8) is 0 Å². The molecule has 1 aliphatic carbocycles. The molecule has 0 spiro atoms. The van der Waals surface area contributed by atoms with Gasteiger partial charge in [0.1, 0.15) is 30.1 Å². The Labute approximate surface area is 298 Å². The minimum Gasteiger partial charge on any atom is -0.499 e. The standard InChI is InChI=1S/C27H27FN6O.C5H6F2.C5H10O2.C2H6/c1-5-26(35)33-13-15(2)34-18(14-33)11-23(31-34)22-12-20-19(7-8-21(20)28)27(30-22)17-6-9-25-24(10-17)29-16(3)32(25)4;1-2-5(7)3-4-6;1-3-7-5-4-6-2;1-2/h5-6,9-12,15,21H,1,7-8,13-14H2,2-4H3;2-4H,1H3;3H,1,4-5H2,2H3;1-2H3/b;4-3+,5-2?;;. The van der Waals surface area contributed by atoms with Crippen molar-refractivity contribution in [2.24, 2.45) is 7.05 Å². The average molecular weight is 707 g/mol. The van der Waals surface area contributed by atoms with Crippen LogP contribution in [0.3, 0.4) is 0 Å². The number of ether oxygens (including phenoxy) is 2. The van der Waals surface area contributed by atoms with E-state index in [0.29, 0.717) is 56.1 Å². The maximum Gasteiger partial charge on any atom is 0.246 e. The number of rotatable bonds is 8. The Morgan fingerprint density at radius 2 is 1.86 bits per heavy atom. The van der Waals surface area contributed by atoms with Crippen molar-refractivity contribution in [2.45, 2.75) is 66.2 Å². The molecule has 51 heavy (non-hydrogen) atoms. The van der Waals surface area contributed by atoms with E-state index < -0.39 is 12.0 Å². The lowest BCUT2D eigenvalue weighted by Gasteiger charge is -2.31. The fourth-order valence-electron chi connectivity index (χ4n) is 5.78. The van der Waals surface area contributed by atoms with E-state index in [4.69, 9.17) is 14.8 Å². The highest BCUT2D eigenvalue weighted by molar-refractivity contribution is 5.87. The molecule has 0 N–H and O–H groups in total. The highest BCUT2D eigenvalue weighted by Gasteiger charge is 2.30. The van der Waals surface area contributed by atoms with Gasteiger partial charge in [0.25, 0.3) is 0 Å². The number of allylic oxidation sites excluding steroid dienone is 3. The van der Waals surface area contributed by atoms with E-state index in [2.05, 4.69) is 33.5 Å². The summed E-state index contributed by atoms with van der Waals surface area (Å²) in [7, 11) is 3.63. The summed E-state index contributed by atoms with van der Waals surface area (Å²) in [6.07, 6.45) is 4.95. The summed E-state index contributed by atoms with van der Waals surface area (Å²) in [6.45, 7) is 18.7. The Morgan fingerprint density at radius 1 is 1.12 bits per heavy atom. The quantitative estimate of drug-likeness (QED) is 0.0787. The molecule has 2 atom stereocenters. The molecule has 1 aliphatic heterocycles. The number of hydrogen-bond acceptors (Lipinski definition) is 6. The molecule has 0 saturated carbocycles. The van der Waals surface area contributed by atoms with Crippen molar-refractivity contribution in [3.8, 4) is 22.6 Å². The first-order valence-corrected chi connectivity index (χ1v) is 17.0. The molecule has 12 heteroatoms. The summed E-state index contributed by atoms with van der Waals surface area (Å²) in [5.74, 6) is 0.293. The fourth-order valence-corrected chi connectivity index (χ4v) is 5.78. The monoisotopic (exact) mass is 706 g/mol. The van der Waals surface area contributed by atoms with E-state index in [0.717, 1.165) is 45.4 Å². The van der Waals surface area contributed by atoms with E-state index in [-0.39, 0.29) is 18.3 Å². The SMILES string of the molecule is C=CC(=O)N1Cc2cc(-c3cc4c(c(-c5ccc6c(c5)nc(C)n6C)n3)CCC4F)nn2C(C)C1.C=COCCOC.CC.CC=C(F)/C=C/F. The second-order valence-electron chi connectivity index (χ2n) is 11.6. The van der Waals surface area contributed by atoms with E-state index in [1.807, 2.05) is 63.7 Å². The third kappa shape index (κ3) is 9.84. The number of benzene rings is 1. The molecule has 0 radical (unpaired) electrons. The van der Waals surface area contributed by atoms with Crippen LogP contribution < -0.4 is 0 Å². The number of amides is 1. The zero-order valence-electron chi connectivity index (χ0n) is 30.6. The molecule has 6 rings (SSSR count).